The Hall–Kier alpha value is -0.650. The summed E-state index contributed by atoms with van der Waals surface area (Å²) in [5, 5.41) is 12.4. The van der Waals surface area contributed by atoms with E-state index in [1.807, 2.05) is 0 Å². The number of amides is 1. The van der Waals surface area contributed by atoms with E-state index in [1.54, 1.807) is 18.9 Å². The van der Waals surface area contributed by atoms with E-state index in [2.05, 4.69) is 5.32 Å². The maximum absolute atomic E-state index is 11.4. The molecule has 0 aromatic carbocycles. The topological polar surface area (TPSA) is 61.8 Å². The molecule has 0 aliphatic carbocycles. The van der Waals surface area contributed by atoms with Crippen LogP contribution in [0, 0.1) is 0 Å². The summed E-state index contributed by atoms with van der Waals surface area (Å²) in [5.41, 5.74) is -0.678. The van der Waals surface area contributed by atoms with Crippen molar-refractivity contribution >= 4 is 5.91 Å². The Kier molecular flexibility index (Phi) is 3.86. The van der Waals surface area contributed by atoms with Crippen molar-refractivity contribution in [3.8, 4) is 0 Å². The molecule has 1 aliphatic rings. The standard InChI is InChI=1S/C9H18N2O3/c1-9(13)6-11(7-9)8(12)5-10-3-4-14-2/h10,13H,3-7H2,1-2H3. The number of methoxy groups -OCH3 is 1. The molecule has 0 radical (unpaired) electrons. The van der Waals surface area contributed by atoms with Gasteiger partial charge in [-0.3, -0.25) is 4.79 Å². The Balaban J connectivity index is 2.06. The third-order valence-electron chi connectivity index (χ3n) is 2.17. The molecule has 1 rings (SSSR count). The highest BCUT2D eigenvalue weighted by atomic mass is 16.5. The maximum atomic E-state index is 11.4. The lowest BCUT2D eigenvalue weighted by Gasteiger charge is -2.44. The predicted molar refractivity (Wildman–Crippen MR) is 51.9 cm³/mol. The van der Waals surface area contributed by atoms with Gasteiger partial charge in [-0.1, -0.05) is 0 Å². The van der Waals surface area contributed by atoms with E-state index in [0.717, 1.165) is 0 Å². The number of aliphatic hydroxyl groups is 1. The molecule has 1 heterocycles. The molecule has 0 aromatic rings. The summed E-state index contributed by atoms with van der Waals surface area (Å²) in [5.74, 6) is 0.0348. The van der Waals surface area contributed by atoms with Crippen LogP contribution in [-0.4, -0.2) is 61.4 Å². The summed E-state index contributed by atoms with van der Waals surface area (Å²) in [7, 11) is 1.62. The normalized spacial score (nSPS) is 19.2. The first kappa shape index (κ1) is 11.4. The Morgan fingerprint density at radius 1 is 1.64 bits per heavy atom. The molecule has 0 atom stereocenters. The number of hydrogen-bond donors (Lipinski definition) is 2. The molecule has 0 unspecified atom stereocenters. The van der Waals surface area contributed by atoms with E-state index in [4.69, 9.17) is 4.74 Å². The van der Waals surface area contributed by atoms with Gasteiger partial charge in [0.2, 0.25) is 5.91 Å². The quantitative estimate of drug-likeness (QED) is 0.551. The molecule has 1 saturated heterocycles. The van der Waals surface area contributed by atoms with Crippen molar-refractivity contribution < 1.29 is 14.6 Å². The predicted octanol–water partition coefficient (Wildman–Crippen LogP) is -1.18. The van der Waals surface area contributed by atoms with Crippen molar-refractivity contribution in [2.24, 2.45) is 0 Å². The number of nitrogens with zero attached hydrogens (tertiary/aromatic N) is 1. The third kappa shape index (κ3) is 3.25. The first-order chi connectivity index (χ1) is 6.55. The van der Waals surface area contributed by atoms with Crippen molar-refractivity contribution in [3.05, 3.63) is 0 Å². The van der Waals surface area contributed by atoms with E-state index in [9.17, 15) is 9.90 Å². The molecule has 2 N–H and O–H groups in total. The van der Waals surface area contributed by atoms with Gasteiger partial charge in [0, 0.05) is 13.7 Å². The second-order valence-corrected chi connectivity index (χ2v) is 3.92. The van der Waals surface area contributed by atoms with Crippen LogP contribution in [0.25, 0.3) is 0 Å². The monoisotopic (exact) mass is 202 g/mol. The van der Waals surface area contributed by atoms with Crippen molar-refractivity contribution in [2.45, 2.75) is 12.5 Å². The molecular weight excluding hydrogens is 184 g/mol. The third-order valence-corrected chi connectivity index (χ3v) is 2.17. The van der Waals surface area contributed by atoms with Crippen LogP contribution in [0.1, 0.15) is 6.92 Å². The molecule has 0 spiro atoms. The molecule has 0 aromatic heterocycles. The van der Waals surface area contributed by atoms with E-state index in [1.165, 1.54) is 0 Å². The van der Waals surface area contributed by atoms with Crippen molar-refractivity contribution in [1.29, 1.82) is 0 Å². The lowest BCUT2D eigenvalue weighted by atomic mass is 9.97. The minimum Gasteiger partial charge on any atom is -0.386 e. The van der Waals surface area contributed by atoms with E-state index in [-0.39, 0.29) is 5.91 Å². The van der Waals surface area contributed by atoms with Gasteiger partial charge in [0.25, 0.3) is 0 Å². The highest BCUT2D eigenvalue weighted by Crippen LogP contribution is 2.18. The Bertz CT molecular complexity index is 198. The van der Waals surface area contributed by atoms with Gasteiger partial charge in [0.1, 0.15) is 0 Å². The largest absolute Gasteiger partial charge is 0.386 e. The summed E-state index contributed by atoms with van der Waals surface area (Å²) in [6.07, 6.45) is 0. The first-order valence-electron chi connectivity index (χ1n) is 4.75. The van der Waals surface area contributed by atoms with Crippen LogP contribution in [0.5, 0.6) is 0 Å². The number of β-amino-alcohol motifs (C(OH)–C–C–N with tert-alkyl or cyclic N) is 1. The zero-order valence-electron chi connectivity index (χ0n) is 8.75. The summed E-state index contributed by atoms with van der Waals surface area (Å²) < 4.78 is 4.83. The highest BCUT2D eigenvalue weighted by molar-refractivity contribution is 5.79. The Morgan fingerprint density at radius 3 is 2.79 bits per heavy atom. The molecule has 5 nitrogen and oxygen atoms in total. The summed E-state index contributed by atoms with van der Waals surface area (Å²) >= 11 is 0. The molecule has 5 heteroatoms. The molecular formula is C9H18N2O3. The van der Waals surface area contributed by atoms with Crippen LogP contribution >= 0.6 is 0 Å². The number of rotatable bonds is 5. The molecule has 82 valence electrons. The van der Waals surface area contributed by atoms with E-state index >= 15 is 0 Å². The molecule has 1 fully saturated rings. The number of carbonyl (C=O) groups is 1. The minimum atomic E-state index is -0.678. The lowest BCUT2D eigenvalue weighted by Crippen LogP contribution is -2.63. The fourth-order valence-corrected chi connectivity index (χ4v) is 1.43. The van der Waals surface area contributed by atoms with Crippen LogP contribution in [0.15, 0.2) is 0 Å². The number of carbonyl (C=O) groups excluding carboxylic acids is 1. The molecule has 1 aliphatic heterocycles. The Morgan fingerprint density at radius 2 is 2.29 bits per heavy atom. The van der Waals surface area contributed by atoms with Crippen LogP contribution < -0.4 is 5.32 Å². The van der Waals surface area contributed by atoms with Crippen molar-refractivity contribution in [1.82, 2.24) is 10.2 Å². The second kappa shape index (κ2) is 4.72. The van der Waals surface area contributed by atoms with Crippen LogP contribution in [0.4, 0.5) is 0 Å². The van der Waals surface area contributed by atoms with Gasteiger partial charge in [-0.05, 0) is 6.92 Å². The molecule has 0 bridgehead atoms. The average molecular weight is 202 g/mol. The Labute approximate surface area is 84.0 Å². The highest BCUT2D eigenvalue weighted by Gasteiger charge is 2.38. The fraction of sp³-hybridized carbons (Fsp3) is 0.889. The maximum Gasteiger partial charge on any atom is 0.236 e. The molecule has 1 amide bonds. The van der Waals surface area contributed by atoms with Crippen molar-refractivity contribution in [3.63, 3.8) is 0 Å². The summed E-state index contributed by atoms with van der Waals surface area (Å²) in [6, 6.07) is 0. The SMILES string of the molecule is COCCNCC(=O)N1CC(C)(O)C1. The first-order valence-corrected chi connectivity index (χ1v) is 4.75. The van der Waals surface area contributed by atoms with Gasteiger partial charge in [-0.25, -0.2) is 0 Å². The van der Waals surface area contributed by atoms with E-state index in [0.29, 0.717) is 32.8 Å². The second-order valence-electron chi connectivity index (χ2n) is 3.92. The van der Waals surface area contributed by atoms with Gasteiger partial charge in [-0.15, -0.1) is 0 Å². The number of likely N-dealkylation sites (tertiary alicyclic amines) is 1. The summed E-state index contributed by atoms with van der Waals surface area (Å²) in [4.78, 5) is 13.0. The summed E-state index contributed by atoms with van der Waals surface area (Å²) in [6.45, 7) is 4.21. The lowest BCUT2D eigenvalue weighted by molar-refractivity contribution is -0.151. The zero-order chi connectivity index (χ0) is 10.6. The number of ether oxygens (including phenoxy) is 1. The number of hydrogen-bond acceptors (Lipinski definition) is 4. The number of nitrogens with one attached hydrogen (secondary N) is 1. The average Bonchev–Trinajstić information content (AvgIpc) is 2.08. The van der Waals surface area contributed by atoms with Gasteiger partial charge in [0.05, 0.1) is 31.8 Å². The smallest absolute Gasteiger partial charge is 0.236 e. The van der Waals surface area contributed by atoms with Gasteiger partial charge >= 0.3 is 0 Å². The minimum absolute atomic E-state index is 0.0348. The van der Waals surface area contributed by atoms with Crippen molar-refractivity contribution in [2.75, 3.05) is 39.9 Å². The van der Waals surface area contributed by atoms with E-state index < -0.39 is 5.60 Å². The van der Waals surface area contributed by atoms with Gasteiger partial charge < -0.3 is 20.1 Å². The zero-order valence-corrected chi connectivity index (χ0v) is 8.75. The van der Waals surface area contributed by atoms with Crippen LogP contribution in [0.2, 0.25) is 0 Å². The van der Waals surface area contributed by atoms with Gasteiger partial charge in [0.15, 0.2) is 0 Å². The fourth-order valence-electron chi connectivity index (χ4n) is 1.43. The van der Waals surface area contributed by atoms with Crippen LogP contribution in [-0.2, 0) is 9.53 Å². The molecule has 14 heavy (non-hydrogen) atoms. The molecule has 0 saturated carbocycles. The van der Waals surface area contributed by atoms with Gasteiger partial charge in [-0.2, -0.15) is 0 Å². The van der Waals surface area contributed by atoms with Crippen LogP contribution in [0.3, 0.4) is 0 Å².